The van der Waals surface area contributed by atoms with E-state index in [0.717, 1.165) is 6.54 Å². The van der Waals surface area contributed by atoms with Gasteiger partial charge in [0.1, 0.15) is 0 Å². The molecule has 0 saturated heterocycles. The molecule has 0 spiro atoms. The van der Waals surface area contributed by atoms with Crippen molar-refractivity contribution in [1.82, 2.24) is 15.1 Å². The fourth-order valence-corrected chi connectivity index (χ4v) is 1.57. The number of rotatable bonds is 5. The number of aromatic nitrogens is 2. The predicted octanol–water partition coefficient (Wildman–Crippen LogP) is 1.43. The summed E-state index contributed by atoms with van der Waals surface area (Å²) in [7, 11) is 0. The summed E-state index contributed by atoms with van der Waals surface area (Å²) in [6, 6.07) is 1.41. The van der Waals surface area contributed by atoms with Crippen molar-refractivity contribution in [2.75, 3.05) is 6.54 Å². The first-order valence-electron chi connectivity index (χ1n) is 6.31. The molecule has 5 nitrogen and oxygen atoms in total. The second-order valence-electron chi connectivity index (χ2n) is 5.92. The summed E-state index contributed by atoms with van der Waals surface area (Å²) in [6.45, 7) is 9.37. The number of hydrogen-bond donors (Lipinski definition) is 2. The molecule has 1 amide bonds. The van der Waals surface area contributed by atoms with Crippen LogP contribution < -0.4 is 11.1 Å². The van der Waals surface area contributed by atoms with Gasteiger partial charge in [-0.05, 0) is 17.4 Å². The number of carbonyl (C=O) groups excluding carboxylic acids is 1. The molecule has 19 heavy (non-hydrogen) atoms. The second kappa shape index (κ2) is 7.50. The molecule has 0 aromatic carbocycles. The normalized spacial score (nSPS) is 14.4. The van der Waals surface area contributed by atoms with Crippen molar-refractivity contribution in [2.24, 2.45) is 17.1 Å². The van der Waals surface area contributed by atoms with Crippen LogP contribution in [0.3, 0.4) is 0 Å². The molecule has 110 valence electrons. The van der Waals surface area contributed by atoms with E-state index in [-0.39, 0.29) is 23.7 Å². The van der Waals surface area contributed by atoms with Crippen molar-refractivity contribution >= 4 is 18.3 Å². The molecule has 0 aliphatic heterocycles. The third kappa shape index (κ3) is 6.07. The number of nitrogens with two attached hydrogens (primary N) is 1. The van der Waals surface area contributed by atoms with Crippen molar-refractivity contribution in [3.63, 3.8) is 0 Å². The molecule has 3 N–H and O–H groups in total. The molecular weight excluding hydrogens is 264 g/mol. The van der Waals surface area contributed by atoms with E-state index in [0.29, 0.717) is 12.5 Å². The van der Waals surface area contributed by atoms with E-state index in [1.807, 2.05) is 37.7 Å². The summed E-state index contributed by atoms with van der Waals surface area (Å²) in [5.74, 6) is 0.232. The van der Waals surface area contributed by atoms with E-state index >= 15 is 0 Å². The Morgan fingerprint density at radius 3 is 2.58 bits per heavy atom. The Balaban J connectivity index is 0.00000324. The van der Waals surface area contributed by atoms with Gasteiger partial charge in [0.15, 0.2) is 0 Å². The highest BCUT2D eigenvalue weighted by molar-refractivity contribution is 5.85. The van der Waals surface area contributed by atoms with Gasteiger partial charge in [-0.1, -0.05) is 27.7 Å². The molecule has 0 radical (unpaired) electrons. The fourth-order valence-electron chi connectivity index (χ4n) is 1.57. The Hall–Kier alpha value is -1.07. The molecule has 1 unspecified atom stereocenters. The molecule has 0 fully saturated rings. The van der Waals surface area contributed by atoms with E-state index in [1.54, 1.807) is 6.20 Å². The van der Waals surface area contributed by atoms with Crippen molar-refractivity contribution < 1.29 is 4.79 Å². The van der Waals surface area contributed by atoms with E-state index in [1.165, 1.54) is 0 Å². The van der Waals surface area contributed by atoms with Gasteiger partial charge in [0.25, 0.3) is 0 Å². The van der Waals surface area contributed by atoms with Crippen molar-refractivity contribution in [1.29, 1.82) is 0 Å². The first-order chi connectivity index (χ1) is 8.30. The predicted molar refractivity (Wildman–Crippen MR) is 79.1 cm³/mol. The number of amides is 1. The van der Waals surface area contributed by atoms with Crippen LogP contribution in [0.2, 0.25) is 0 Å². The van der Waals surface area contributed by atoms with Crippen LogP contribution >= 0.6 is 12.4 Å². The molecule has 1 aromatic heterocycles. The van der Waals surface area contributed by atoms with Gasteiger partial charge >= 0.3 is 0 Å². The number of nitrogens with zero attached hydrogens (tertiary/aromatic N) is 2. The van der Waals surface area contributed by atoms with E-state index in [2.05, 4.69) is 17.3 Å². The third-order valence-corrected chi connectivity index (χ3v) is 2.90. The Bertz CT molecular complexity index is 372. The molecular formula is C13H25ClN4O. The zero-order valence-electron chi connectivity index (χ0n) is 12.1. The van der Waals surface area contributed by atoms with E-state index in [4.69, 9.17) is 5.73 Å². The molecule has 1 heterocycles. The van der Waals surface area contributed by atoms with Crippen LogP contribution in [0.15, 0.2) is 18.5 Å². The molecule has 1 rings (SSSR count). The van der Waals surface area contributed by atoms with Gasteiger partial charge in [0.2, 0.25) is 5.91 Å². The number of halogens is 1. The number of hydrogen-bond acceptors (Lipinski definition) is 3. The first-order valence-corrected chi connectivity index (χ1v) is 6.31. The molecule has 0 aliphatic rings. The Labute approximate surface area is 121 Å². The summed E-state index contributed by atoms with van der Waals surface area (Å²) in [4.78, 5) is 11.8. The first kappa shape index (κ1) is 17.9. The van der Waals surface area contributed by atoms with Crippen molar-refractivity contribution in [3.05, 3.63) is 18.5 Å². The lowest BCUT2D eigenvalue weighted by molar-refractivity contribution is -0.124. The number of carbonyl (C=O) groups is 1. The maximum absolute atomic E-state index is 11.8. The molecule has 0 bridgehead atoms. The standard InChI is InChI=1S/C13H24N4O.ClH/c1-10(9-17-7-5-6-16-17)8-15-12(18)11(14)13(2,3)4;/h5-7,10-11H,8-9,14H2,1-4H3,(H,15,18);1H/t10?,11-;/m1./s1. The minimum absolute atomic E-state index is 0. The SMILES string of the molecule is CC(CNC(=O)[C@@H](N)C(C)(C)C)Cn1cccn1.Cl. The summed E-state index contributed by atoms with van der Waals surface area (Å²) in [5.41, 5.74) is 5.67. The highest BCUT2D eigenvalue weighted by Gasteiger charge is 2.27. The fraction of sp³-hybridized carbons (Fsp3) is 0.692. The molecule has 6 heteroatoms. The molecule has 2 atom stereocenters. The highest BCUT2D eigenvalue weighted by Crippen LogP contribution is 2.17. The minimum Gasteiger partial charge on any atom is -0.354 e. The van der Waals surface area contributed by atoms with Crippen LogP contribution in [-0.2, 0) is 11.3 Å². The Morgan fingerprint density at radius 1 is 1.47 bits per heavy atom. The van der Waals surface area contributed by atoms with Crippen molar-refractivity contribution in [3.8, 4) is 0 Å². The number of nitrogens with one attached hydrogen (secondary N) is 1. The van der Waals surface area contributed by atoms with E-state index in [9.17, 15) is 4.79 Å². The van der Waals surface area contributed by atoms with Gasteiger partial charge in [-0.2, -0.15) is 5.10 Å². The van der Waals surface area contributed by atoms with Crippen molar-refractivity contribution in [2.45, 2.75) is 40.3 Å². The molecule has 1 aromatic rings. The van der Waals surface area contributed by atoms with E-state index < -0.39 is 6.04 Å². The average Bonchev–Trinajstić information content (AvgIpc) is 2.76. The maximum atomic E-state index is 11.8. The van der Waals surface area contributed by atoms with Gasteiger partial charge < -0.3 is 11.1 Å². The molecule has 0 saturated carbocycles. The molecule has 0 aliphatic carbocycles. The Morgan fingerprint density at radius 2 is 2.11 bits per heavy atom. The third-order valence-electron chi connectivity index (χ3n) is 2.90. The lowest BCUT2D eigenvalue weighted by atomic mass is 9.87. The van der Waals surface area contributed by atoms with Gasteiger partial charge in [-0.3, -0.25) is 9.48 Å². The van der Waals surface area contributed by atoms with Crippen LogP contribution in [-0.4, -0.2) is 28.3 Å². The van der Waals surface area contributed by atoms with Crippen LogP contribution in [0.4, 0.5) is 0 Å². The lowest BCUT2D eigenvalue weighted by Gasteiger charge is -2.26. The lowest BCUT2D eigenvalue weighted by Crippen LogP contribution is -2.49. The topological polar surface area (TPSA) is 72.9 Å². The average molecular weight is 289 g/mol. The van der Waals surface area contributed by atoms with Crippen LogP contribution in [0.5, 0.6) is 0 Å². The summed E-state index contributed by atoms with van der Waals surface area (Å²) in [6.07, 6.45) is 3.67. The summed E-state index contributed by atoms with van der Waals surface area (Å²) in [5, 5.41) is 7.03. The largest absolute Gasteiger partial charge is 0.354 e. The monoisotopic (exact) mass is 288 g/mol. The Kier molecular flexibility index (Phi) is 7.08. The zero-order valence-corrected chi connectivity index (χ0v) is 12.9. The second-order valence-corrected chi connectivity index (χ2v) is 5.92. The van der Waals surface area contributed by atoms with Gasteiger partial charge in [0, 0.05) is 25.5 Å². The van der Waals surface area contributed by atoms with Crippen LogP contribution in [0.25, 0.3) is 0 Å². The smallest absolute Gasteiger partial charge is 0.237 e. The van der Waals surface area contributed by atoms with Gasteiger partial charge in [-0.15, -0.1) is 12.4 Å². The summed E-state index contributed by atoms with van der Waals surface area (Å²) < 4.78 is 1.86. The van der Waals surface area contributed by atoms with Gasteiger partial charge in [-0.25, -0.2) is 0 Å². The van der Waals surface area contributed by atoms with Crippen LogP contribution in [0, 0.1) is 11.3 Å². The maximum Gasteiger partial charge on any atom is 0.237 e. The van der Waals surface area contributed by atoms with Gasteiger partial charge in [0.05, 0.1) is 6.04 Å². The quantitative estimate of drug-likeness (QED) is 0.861. The minimum atomic E-state index is -0.477. The highest BCUT2D eigenvalue weighted by atomic mass is 35.5. The summed E-state index contributed by atoms with van der Waals surface area (Å²) >= 11 is 0. The van der Waals surface area contributed by atoms with Crippen LogP contribution in [0.1, 0.15) is 27.7 Å². The zero-order chi connectivity index (χ0) is 13.8.